The van der Waals surface area contributed by atoms with E-state index in [1.165, 1.54) is 6.07 Å². The Hall–Kier alpha value is -2.04. The molecule has 0 aliphatic rings. The summed E-state index contributed by atoms with van der Waals surface area (Å²) >= 11 is 11.8. The second kappa shape index (κ2) is 9.44. The largest absolute Gasteiger partial charge is 0.465 e. The minimum atomic E-state index is -0.353. The van der Waals surface area contributed by atoms with E-state index < -0.39 is 0 Å². The molecule has 0 saturated carbocycles. The van der Waals surface area contributed by atoms with E-state index in [9.17, 15) is 4.79 Å². The molecule has 0 aliphatic carbocycles. The first kappa shape index (κ1) is 19.3. The number of hydrogen-bond acceptors (Lipinski definition) is 3. The number of nitrogens with zero attached hydrogens (tertiary/aromatic N) is 1. The maximum Gasteiger partial charge on any atom is 0.292 e. The lowest BCUT2D eigenvalue weighted by atomic mass is 10.2. The van der Waals surface area contributed by atoms with Gasteiger partial charge in [-0.05, 0) is 29.7 Å². The van der Waals surface area contributed by atoms with Gasteiger partial charge in [-0.1, -0.05) is 67.4 Å². The number of benzene rings is 2. The minimum Gasteiger partial charge on any atom is -0.465 e. The third-order valence-corrected chi connectivity index (χ3v) is 3.94. The molecule has 0 unspecified atom stereocenters. The van der Waals surface area contributed by atoms with E-state index in [4.69, 9.17) is 27.9 Å². The summed E-state index contributed by atoms with van der Waals surface area (Å²) in [6.45, 7) is 4.91. The predicted octanol–water partition coefficient (Wildman–Crippen LogP) is 4.95. The summed E-state index contributed by atoms with van der Waals surface area (Å²) in [5.74, 6) is -0.0436. The van der Waals surface area contributed by atoms with Gasteiger partial charge in [-0.3, -0.25) is 10.1 Å². The predicted molar refractivity (Wildman–Crippen MR) is 102 cm³/mol. The van der Waals surface area contributed by atoms with Crippen LogP contribution in [-0.4, -0.2) is 18.5 Å². The number of rotatable bonds is 5. The standard InChI is InChI=1S/C19H20Cl2N2O2/c1-13(2)12-25-19(22-11-14-6-4-3-5-7-14)23-18(24)15-8-9-16(20)17(21)10-15/h3-10,13H,11-12H2,1-2H3,(H,22,23,24). The van der Waals surface area contributed by atoms with Gasteiger partial charge in [0.1, 0.15) is 0 Å². The zero-order chi connectivity index (χ0) is 18.2. The lowest BCUT2D eigenvalue weighted by molar-refractivity contribution is 0.0963. The normalized spacial score (nSPS) is 11.5. The summed E-state index contributed by atoms with van der Waals surface area (Å²) in [5, 5.41) is 3.41. The molecule has 0 aliphatic heterocycles. The fourth-order valence-electron chi connectivity index (χ4n) is 1.92. The number of carbonyl (C=O) groups excluding carboxylic acids is 1. The number of aliphatic imine (C=N–C) groups is 1. The van der Waals surface area contributed by atoms with Gasteiger partial charge >= 0.3 is 0 Å². The Bertz CT molecular complexity index is 746. The molecule has 0 aromatic heterocycles. The average molecular weight is 379 g/mol. The molecule has 1 N–H and O–H groups in total. The summed E-state index contributed by atoms with van der Waals surface area (Å²) in [6, 6.07) is 14.6. The van der Waals surface area contributed by atoms with E-state index in [1.807, 2.05) is 44.2 Å². The zero-order valence-electron chi connectivity index (χ0n) is 14.1. The van der Waals surface area contributed by atoms with Crippen molar-refractivity contribution in [3.63, 3.8) is 0 Å². The molecule has 0 bridgehead atoms. The van der Waals surface area contributed by atoms with Crippen molar-refractivity contribution in [1.29, 1.82) is 0 Å². The van der Waals surface area contributed by atoms with Gasteiger partial charge in [-0.2, -0.15) is 0 Å². The number of hydrogen-bond donors (Lipinski definition) is 1. The number of amidine groups is 1. The van der Waals surface area contributed by atoms with E-state index >= 15 is 0 Å². The summed E-state index contributed by atoms with van der Waals surface area (Å²) in [4.78, 5) is 16.8. The molecule has 4 nitrogen and oxygen atoms in total. The number of nitrogens with one attached hydrogen (secondary N) is 1. The second-order valence-corrected chi connectivity index (χ2v) is 6.71. The first-order chi connectivity index (χ1) is 12.0. The molecule has 0 atom stereocenters. The van der Waals surface area contributed by atoms with E-state index in [0.717, 1.165) is 5.56 Å². The smallest absolute Gasteiger partial charge is 0.292 e. The van der Waals surface area contributed by atoms with Crippen molar-refractivity contribution in [2.24, 2.45) is 10.9 Å². The molecule has 2 rings (SSSR count). The van der Waals surface area contributed by atoms with Crippen molar-refractivity contribution in [2.45, 2.75) is 20.4 Å². The molecule has 0 fully saturated rings. The minimum absolute atomic E-state index is 0.189. The zero-order valence-corrected chi connectivity index (χ0v) is 15.6. The van der Waals surface area contributed by atoms with Crippen molar-refractivity contribution >= 4 is 35.1 Å². The number of ether oxygens (including phenoxy) is 1. The van der Waals surface area contributed by atoms with Crippen LogP contribution < -0.4 is 5.32 Å². The van der Waals surface area contributed by atoms with Gasteiger partial charge in [0.05, 0.1) is 23.2 Å². The highest BCUT2D eigenvalue weighted by molar-refractivity contribution is 6.42. The lowest BCUT2D eigenvalue weighted by Gasteiger charge is -2.13. The highest BCUT2D eigenvalue weighted by atomic mass is 35.5. The van der Waals surface area contributed by atoms with Gasteiger partial charge in [-0.25, -0.2) is 4.99 Å². The van der Waals surface area contributed by atoms with Crippen molar-refractivity contribution in [3.05, 3.63) is 69.7 Å². The Morgan fingerprint density at radius 1 is 1.12 bits per heavy atom. The summed E-state index contributed by atoms with van der Waals surface area (Å²) in [7, 11) is 0. The van der Waals surface area contributed by atoms with Crippen LogP contribution in [0.1, 0.15) is 29.8 Å². The molecule has 0 radical (unpaired) electrons. The van der Waals surface area contributed by atoms with Crippen LogP contribution in [0.2, 0.25) is 10.0 Å². The monoisotopic (exact) mass is 378 g/mol. The summed E-state index contributed by atoms with van der Waals surface area (Å²) in [6.07, 6.45) is 0. The van der Waals surface area contributed by atoms with Crippen LogP contribution in [0, 0.1) is 5.92 Å². The molecular weight excluding hydrogens is 359 g/mol. The van der Waals surface area contributed by atoms with Crippen LogP contribution in [0.3, 0.4) is 0 Å². The fraction of sp³-hybridized carbons (Fsp3) is 0.263. The van der Waals surface area contributed by atoms with Crippen LogP contribution in [0.5, 0.6) is 0 Å². The van der Waals surface area contributed by atoms with Crippen molar-refractivity contribution < 1.29 is 9.53 Å². The van der Waals surface area contributed by atoms with Gasteiger partial charge in [0, 0.05) is 5.56 Å². The summed E-state index contributed by atoms with van der Waals surface area (Å²) in [5.41, 5.74) is 1.41. The van der Waals surface area contributed by atoms with Crippen LogP contribution in [0.15, 0.2) is 53.5 Å². The van der Waals surface area contributed by atoms with Gasteiger partial charge in [0.2, 0.25) is 0 Å². The molecular formula is C19H20Cl2N2O2. The first-order valence-corrected chi connectivity index (χ1v) is 8.69. The lowest BCUT2D eigenvalue weighted by Crippen LogP contribution is -2.33. The van der Waals surface area contributed by atoms with Gasteiger partial charge < -0.3 is 4.74 Å². The SMILES string of the molecule is CC(C)COC(=NCc1ccccc1)NC(=O)c1ccc(Cl)c(Cl)c1. The van der Waals surface area contributed by atoms with Crippen molar-refractivity contribution in [3.8, 4) is 0 Å². The highest BCUT2D eigenvalue weighted by Gasteiger charge is 2.12. The number of halogens is 2. The van der Waals surface area contributed by atoms with E-state index in [-0.39, 0.29) is 11.9 Å². The van der Waals surface area contributed by atoms with Crippen LogP contribution >= 0.6 is 23.2 Å². The fourth-order valence-corrected chi connectivity index (χ4v) is 2.22. The Morgan fingerprint density at radius 3 is 2.48 bits per heavy atom. The van der Waals surface area contributed by atoms with Gasteiger partial charge in [0.25, 0.3) is 11.9 Å². The molecule has 6 heteroatoms. The van der Waals surface area contributed by atoms with E-state index in [1.54, 1.807) is 12.1 Å². The Balaban J connectivity index is 2.11. The van der Waals surface area contributed by atoms with E-state index in [2.05, 4.69) is 10.3 Å². The van der Waals surface area contributed by atoms with Gasteiger partial charge in [-0.15, -0.1) is 0 Å². The maximum atomic E-state index is 12.4. The molecule has 25 heavy (non-hydrogen) atoms. The molecule has 0 saturated heterocycles. The average Bonchev–Trinajstić information content (AvgIpc) is 2.60. The Labute approximate surface area is 157 Å². The molecule has 0 spiro atoms. The Kier molecular flexibility index (Phi) is 7.29. The third-order valence-electron chi connectivity index (χ3n) is 3.20. The molecule has 2 aromatic rings. The maximum absolute atomic E-state index is 12.4. The van der Waals surface area contributed by atoms with Crippen LogP contribution in [-0.2, 0) is 11.3 Å². The van der Waals surface area contributed by atoms with Gasteiger partial charge in [0.15, 0.2) is 0 Å². The number of carbonyl (C=O) groups is 1. The molecule has 132 valence electrons. The molecule has 0 heterocycles. The first-order valence-electron chi connectivity index (χ1n) is 7.93. The van der Waals surface area contributed by atoms with Crippen LogP contribution in [0.4, 0.5) is 0 Å². The van der Waals surface area contributed by atoms with Crippen molar-refractivity contribution in [2.75, 3.05) is 6.61 Å². The third kappa shape index (κ3) is 6.40. The van der Waals surface area contributed by atoms with Crippen molar-refractivity contribution in [1.82, 2.24) is 5.32 Å². The topological polar surface area (TPSA) is 50.7 Å². The number of amides is 1. The van der Waals surface area contributed by atoms with Crippen LogP contribution in [0.25, 0.3) is 0 Å². The van der Waals surface area contributed by atoms with E-state index in [0.29, 0.717) is 34.7 Å². The molecule has 2 aromatic carbocycles. The summed E-state index contributed by atoms with van der Waals surface area (Å²) < 4.78 is 5.63. The quantitative estimate of drug-likeness (QED) is 0.590. The Morgan fingerprint density at radius 2 is 1.84 bits per heavy atom. The molecule has 1 amide bonds. The second-order valence-electron chi connectivity index (χ2n) is 5.89. The highest BCUT2D eigenvalue weighted by Crippen LogP contribution is 2.22.